The van der Waals surface area contributed by atoms with Gasteiger partial charge < -0.3 is 11.1 Å². The largest absolute Gasteiger partial charge is 0.349 e. The Morgan fingerprint density at radius 1 is 1.32 bits per heavy atom. The van der Waals surface area contributed by atoms with E-state index in [1.165, 1.54) is 5.56 Å². The Balaban J connectivity index is 2.04. The number of amides is 1. The predicted molar refractivity (Wildman–Crippen MR) is 77.7 cm³/mol. The Labute approximate surface area is 115 Å². The summed E-state index contributed by atoms with van der Waals surface area (Å²) in [5, 5.41) is 3.13. The molecule has 0 aliphatic heterocycles. The van der Waals surface area contributed by atoms with E-state index < -0.39 is 0 Å². The quantitative estimate of drug-likeness (QED) is 0.874. The van der Waals surface area contributed by atoms with Crippen molar-refractivity contribution in [3.63, 3.8) is 0 Å². The molecule has 1 aromatic carbocycles. The summed E-state index contributed by atoms with van der Waals surface area (Å²) in [5.74, 6) is 0.126. The second-order valence-corrected chi connectivity index (χ2v) is 5.80. The number of rotatable bonds is 4. The fourth-order valence-corrected chi connectivity index (χ4v) is 2.86. The zero-order valence-electron chi connectivity index (χ0n) is 11.9. The van der Waals surface area contributed by atoms with Crippen LogP contribution in [0.15, 0.2) is 24.3 Å². The van der Waals surface area contributed by atoms with Gasteiger partial charge in [-0.05, 0) is 32.3 Å². The van der Waals surface area contributed by atoms with E-state index in [2.05, 4.69) is 36.5 Å². The summed E-state index contributed by atoms with van der Waals surface area (Å²) in [6.07, 6.45) is 4.08. The van der Waals surface area contributed by atoms with E-state index in [0.717, 1.165) is 31.2 Å². The van der Waals surface area contributed by atoms with Gasteiger partial charge in [0.15, 0.2) is 0 Å². The van der Waals surface area contributed by atoms with Crippen LogP contribution >= 0.6 is 0 Å². The first kappa shape index (κ1) is 14.1. The van der Waals surface area contributed by atoms with Crippen molar-refractivity contribution in [3.05, 3.63) is 35.4 Å². The summed E-state index contributed by atoms with van der Waals surface area (Å²) in [6.45, 7) is 4.55. The summed E-state index contributed by atoms with van der Waals surface area (Å²) >= 11 is 0. The van der Waals surface area contributed by atoms with Crippen molar-refractivity contribution in [2.75, 3.05) is 6.54 Å². The SMILES string of the molecule is Cc1ccc([C@H](C)NC(=O)C2(CN)CCCC2)cc1. The number of hydrogen-bond acceptors (Lipinski definition) is 2. The number of nitrogens with two attached hydrogens (primary N) is 1. The molecule has 1 aliphatic carbocycles. The van der Waals surface area contributed by atoms with Crippen molar-refractivity contribution in [1.82, 2.24) is 5.32 Å². The lowest BCUT2D eigenvalue weighted by molar-refractivity contribution is -0.131. The molecule has 3 N–H and O–H groups in total. The highest BCUT2D eigenvalue weighted by Gasteiger charge is 2.40. The van der Waals surface area contributed by atoms with Gasteiger partial charge in [-0.15, -0.1) is 0 Å². The number of carbonyl (C=O) groups excluding carboxylic acids is 1. The lowest BCUT2D eigenvalue weighted by atomic mass is 9.85. The minimum atomic E-state index is -0.320. The van der Waals surface area contributed by atoms with Crippen LogP contribution in [-0.4, -0.2) is 12.5 Å². The molecule has 0 saturated heterocycles. The number of carbonyl (C=O) groups is 1. The molecule has 0 unspecified atom stereocenters. The van der Waals surface area contributed by atoms with E-state index in [-0.39, 0.29) is 17.4 Å². The second kappa shape index (κ2) is 5.74. The van der Waals surface area contributed by atoms with Crippen molar-refractivity contribution in [2.45, 2.75) is 45.6 Å². The van der Waals surface area contributed by atoms with E-state index >= 15 is 0 Å². The Morgan fingerprint density at radius 2 is 1.89 bits per heavy atom. The van der Waals surface area contributed by atoms with Gasteiger partial charge in [0.05, 0.1) is 11.5 Å². The van der Waals surface area contributed by atoms with E-state index in [0.29, 0.717) is 6.54 Å². The molecule has 0 bridgehead atoms. The third kappa shape index (κ3) is 2.98. The molecular weight excluding hydrogens is 236 g/mol. The van der Waals surface area contributed by atoms with Crippen molar-refractivity contribution >= 4 is 5.91 Å². The van der Waals surface area contributed by atoms with Crippen molar-refractivity contribution in [1.29, 1.82) is 0 Å². The smallest absolute Gasteiger partial charge is 0.227 e. The van der Waals surface area contributed by atoms with Gasteiger partial charge in [-0.3, -0.25) is 4.79 Å². The molecule has 3 nitrogen and oxygen atoms in total. The van der Waals surface area contributed by atoms with Crippen molar-refractivity contribution < 1.29 is 4.79 Å². The molecule has 1 atom stereocenters. The number of nitrogens with one attached hydrogen (secondary N) is 1. The Hall–Kier alpha value is -1.35. The minimum Gasteiger partial charge on any atom is -0.349 e. The van der Waals surface area contributed by atoms with Crippen LogP contribution in [0.25, 0.3) is 0 Å². The van der Waals surface area contributed by atoms with Gasteiger partial charge in [0, 0.05) is 6.54 Å². The van der Waals surface area contributed by atoms with E-state index in [9.17, 15) is 4.79 Å². The third-order valence-electron chi connectivity index (χ3n) is 4.36. The maximum Gasteiger partial charge on any atom is 0.227 e. The zero-order valence-corrected chi connectivity index (χ0v) is 11.9. The fraction of sp³-hybridized carbons (Fsp3) is 0.562. The van der Waals surface area contributed by atoms with Gasteiger partial charge in [0.1, 0.15) is 0 Å². The van der Waals surface area contributed by atoms with Crippen LogP contribution in [0.3, 0.4) is 0 Å². The van der Waals surface area contributed by atoms with Crippen LogP contribution in [-0.2, 0) is 4.79 Å². The average Bonchev–Trinajstić information content (AvgIpc) is 2.89. The molecule has 19 heavy (non-hydrogen) atoms. The molecule has 0 spiro atoms. The summed E-state index contributed by atoms with van der Waals surface area (Å²) < 4.78 is 0. The van der Waals surface area contributed by atoms with E-state index in [1.54, 1.807) is 0 Å². The van der Waals surface area contributed by atoms with Crippen LogP contribution in [0.1, 0.15) is 49.8 Å². The maximum absolute atomic E-state index is 12.5. The van der Waals surface area contributed by atoms with Crippen LogP contribution in [0.2, 0.25) is 0 Å². The van der Waals surface area contributed by atoms with Gasteiger partial charge in [-0.1, -0.05) is 42.7 Å². The first-order chi connectivity index (χ1) is 9.07. The first-order valence-corrected chi connectivity index (χ1v) is 7.15. The second-order valence-electron chi connectivity index (χ2n) is 5.80. The molecule has 0 radical (unpaired) electrons. The Morgan fingerprint density at radius 3 is 2.42 bits per heavy atom. The Bertz CT molecular complexity index is 433. The summed E-state index contributed by atoms with van der Waals surface area (Å²) in [5.41, 5.74) is 7.90. The molecule has 1 aromatic rings. The minimum absolute atomic E-state index is 0.0390. The normalized spacial score (nSPS) is 19.1. The summed E-state index contributed by atoms with van der Waals surface area (Å²) in [4.78, 5) is 12.5. The molecule has 2 rings (SSSR count). The summed E-state index contributed by atoms with van der Waals surface area (Å²) in [7, 11) is 0. The van der Waals surface area contributed by atoms with Crippen molar-refractivity contribution in [3.8, 4) is 0 Å². The number of aryl methyl sites for hydroxylation is 1. The van der Waals surface area contributed by atoms with E-state index in [4.69, 9.17) is 5.73 Å². The molecule has 1 amide bonds. The fourth-order valence-electron chi connectivity index (χ4n) is 2.86. The number of hydrogen-bond donors (Lipinski definition) is 2. The lowest BCUT2D eigenvalue weighted by Gasteiger charge is -2.28. The zero-order chi connectivity index (χ0) is 13.9. The molecule has 1 aliphatic rings. The highest BCUT2D eigenvalue weighted by atomic mass is 16.2. The predicted octanol–water partition coefficient (Wildman–Crippen LogP) is 2.69. The van der Waals surface area contributed by atoms with Gasteiger partial charge in [-0.2, -0.15) is 0 Å². The molecule has 0 aromatic heterocycles. The Kier molecular flexibility index (Phi) is 4.25. The third-order valence-corrected chi connectivity index (χ3v) is 4.36. The van der Waals surface area contributed by atoms with E-state index in [1.807, 2.05) is 6.92 Å². The molecule has 3 heteroatoms. The molecule has 0 heterocycles. The average molecular weight is 260 g/mol. The highest BCUT2D eigenvalue weighted by Crippen LogP contribution is 2.37. The van der Waals surface area contributed by atoms with Gasteiger partial charge >= 0.3 is 0 Å². The monoisotopic (exact) mass is 260 g/mol. The van der Waals surface area contributed by atoms with Crippen LogP contribution in [0, 0.1) is 12.3 Å². The van der Waals surface area contributed by atoms with Crippen LogP contribution in [0.4, 0.5) is 0 Å². The molecule has 1 fully saturated rings. The van der Waals surface area contributed by atoms with Crippen molar-refractivity contribution in [2.24, 2.45) is 11.1 Å². The molecule has 104 valence electrons. The van der Waals surface area contributed by atoms with Gasteiger partial charge in [0.2, 0.25) is 5.91 Å². The first-order valence-electron chi connectivity index (χ1n) is 7.15. The van der Waals surface area contributed by atoms with Crippen LogP contribution in [0.5, 0.6) is 0 Å². The lowest BCUT2D eigenvalue weighted by Crippen LogP contribution is -2.44. The van der Waals surface area contributed by atoms with Gasteiger partial charge in [-0.25, -0.2) is 0 Å². The summed E-state index contributed by atoms with van der Waals surface area (Å²) in [6, 6.07) is 8.34. The topological polar surface area (TPSA) is 55.1 Å². The van der Waals surface area contributed by atoms with Gasteiger partial charge in [0.25, 0.3) is 0 Å². The van der Waals surface area contributed by atoms with Crippen LogP contribution < -0.4 is 11.1 Å². The molecular formula is C16H24N2O. The number of benzene rings is 1. The maximum atomic E-state index is 12.5. The highest BCUT2D eigenvalue weighted by molar-refractivity contribution is 5.83. The molecule has 1 saturated carbocycles. The standard InChI is InChI=1S/C16H24N2O/c1-12-5-7-14(8-6-12)13(2)18-15(19)16(11-17)9-3-4-10-16/h5-8,13H,3-4,9-11,17H2,1-2H3,(H,18,19)/t13-/m0/s1.